The Balaban J connectivity index is 2.79. The van der Waals surface area contributed by atoms with Crippen molar-refractivity contribution in [2.75, 3.05) is 0 Å². The molecule has 1 unspecified atom stereocenters. The second kappa shape index (κ2) is 5.88. The summed E-state index contributed by atoms with van der Waals surface area (Å²) < 4.78 is 5.38. The Labute approximate surface area is 123 Å². The lowest BCUT2D eigenvalue weighted by Gasteiger charge is -2.49. The van der Waals surface area contributed by atoms with Gasteiger partial charge in [-0.15, -0.1) is 0 Å². The van der Waals surface area contributed by atoms with Gasteiger partial charge in [-0.3, -0.25) is 4.79 Å². The second-order valence-corrected chi connectivity index (χ2v) is 7.40. The summed E-state index contributed by atoms with van der Waals surface area (Å²) in [5.74, 6) is -0.0827. The van der Waals surface area contributed by atoms with Gasteiger partial charge < -0.3 is 9.84 Å². The van der Waals surface area contributed by atoms with Crippen LogP contribution >= 0.6 is 0 Å². The van der Waals surface area contributed by atoms with Gasteiger partial charge in [0.05, 0.1) is 5.60 Å². The lowest BCUT2D eigenvalue weighted by Crippen LogP contribution is -2.47. The summed E-state index contributed by atoms with van der Waals surface area (Å²) in [6.45, 7) is 13.5. The summed E-state index contributed by atoms with van der Waals surface area (Å²) in [5, 5.41) is 10.7. The van der Waals surface area contributed by atoms with Gasteiger partial charge in [-0.1, -0.05) is 26.8 Å². The van der Waals surface area contributed by atoms with Gasteiger partial charge in [0.1, 0.15) is 5.60 Å². The van der Waals surface area contributed by atoms with Crippen molar-refractivity contribution in [1.82, 2.24) is 0 Å². The molecule has 1 aliphatic rings. The standard InChI is InChI=1S/C17H30O3/c1-7-16(5,20-13(2)18)12-9-14-15(3,4)10-8-11-17(14,6)19/h7,14,19H,1,8-12H2,2-6H3/t14-,16?,17-/m0/s1. The molecule has 3 heteroatoms. The summed E-state index contributed by atoms with van der Waals surface area (Å²) in [5.41, 5.74) is -1.17. The molecule has 3 atom stereocenters. The van der Waals surface area contributed by atoms with E-state index in [-0.39, 0.29) is 17.3 Å². The number of ether oxygens (including phenoxy) is 1. The smallest absolute Gasteiger partial charge is 0.303 e. The van der Waals surface area contributed by atoms with Gasteiger partial charge in [0.15, 0.2) is 0 Å². The molecular formula is C17H30O3. The zero-order valence-electron chi connectivity index (χ0n) is 13.7. The monoisotopic (exact) mass is 282 g/mol. The molecule has 0 aromatic carbocycles. The van der Waals surface area contributed by atoms with Gasteiger partial charge >= 0.3 is 5.97 Å². The van der Waals surface area contributed by atoms with E-state index in [1.807, 2.05) is 13.8 Å². The van der Waals surface area contributed by atoms with E-state index in [2.05, 4.69) is 20.4 Å². The fourth-order valence-electron chi connectivity index (χ4n) is 3.75. The SMILES string of the molecule is C=CC(C)(CC[C@H]1C(C)(C)CCC[C@]1(C)O)OC(C)=O. The first kappa shape index (κ1) is 17.2. The lowest BCUT2D eigenvalue weighted by atomic mass is 9.60. The van der Waals surface area contributed by atoms with E-state index in [1.165, 1.54) is 6.92 Å². The van der Waals surface area contributed by atoms with Crippen LogP contribution in [0.15, 0.2) is 12.7 Å². The highest BCUT2D eigenvalue weighted by Gasteiger charge is 2.45. The average Bonchev–Trinajstić information content (AvgIpc) is 2.25. The third kappa shape index (κ3) is 4.08. The predicted octanol–water partition coefficient (Wildman–Crippen LogP) is 3.85. The molecule has 0 bridgehead atoms. The van der Waals surface area contributed by atoms with E-state index in [0.717, 1.165) is 25.7 Å². The van der Waals surface area contributed by atoms with Gasteiger partial charge in [-0.2, -0.15) is 0 Å². The molecule has 1 aliphatic carbocycles. The topological polar surface area (TPSA) is 46.5 Å². The van der Waals surface area contributed by atoms with Crippen LogP contribution in [0.25, 0.3) is 0 Å². The highest BCUT2D eigenvalue weighted by atomic mass is 16.6. The zero-order valence-corrected chi connectivity index (χ0v) is 13.7. The van der Waals surface area contributed by atoms with E-state index in [1.54, 1.807) is 6.08 Å². The molecule has 0 aromatic heterocycles. The largest absolute Gasteiger partial charge is 0.455 e. The Morgan fingerprint density at radius 2 is 2.05 bits per heavy atom. The van der Waals surface area contributed by atoms with Crippen molar-refractivity contribution in [1.29, 1.82) is 0 Å². The highest BCUT2D eigenvalue weighted by molar-refractivity contribution is 5.66. The van der Waals surface area contributed by atoms with Crippen LogP contribution in [0.5, 0.6) is 0 Å². The first-order chi connectivity index (χ1) is 9.02. The number of carbonyl (C=O) groups excluding carboxylic acids is 1. The summed E-state index contributed by atoms with van der Waals surface area (Å²) in [6.07, 6.45) is 6.26. The number of rotatable bonds is 5. The van der Waals surface area contributed by atoms with Crippen LogP contribution in [0.2, 0.25) is 0 Å². The molecule has 1 fully saturated rings. The maximum Gasteiger partial charge on any atom is 0.303 e. The minimum Gasteiger partial charge on any atom is -0.455 e. The van der Waals surface area contributed by atoms with E-state index >= 15 is 0 Å². The zero-order chi connectivity index (χ0) is 15.6. The van der Waals surface area contributed by atoms with Gasteiger partial charge in [-0.05, 0) is 56.9 Å². The van der Waals surface area contributed by atoms with Gasteiger partial charge in [0.2, 0.25) is 0 Å². The lowest BCUT2D eigenvalue weighted by molar-refractivity contribution is -0.153. The van der Waals surface area contributed by atoms with Crippen molar-refractivity contribution in [2.45, 2.75) is 77.9 Å². The fourth-order valence-corrected chi connectivity index (χ4v) is 3.75. The molecule has 20 heavy (non-hydrogen) atoms. The minimum atomic E-state index is -0.643. The molecule has 0 aromatic rings. The third-order valence-electron chi connectivity index (χ3n) is 4.94. The summed E-state index contributed by atoms with van der Waals surface area (Å²) in [7, 11) is 0. The average molecular weight is 282 g/mol. The van der Waals surface area contributed by atoms with Crippen LogP contribution in [0, 0.1) is 11.3 Å². The van der Waals surface area contributed by atoms with E-state index in [0.29, 0.717) is 6.42 Å². The summed E-state index contributed by atoms with van der Waals surface area (Å²) in [6, 6.07) is 0. The molecule has 3 nitrogen and oxygen atoms in total. The van der Waals surface area contributed by atoms with Crippen molar-refractivity contribution in [3.8, 4) is 0 Å². The molecule has 1 saturated carbocycles. The van der Waals surface area contributed by atoms with Crippen LogP contribution < -0.4 is 0 Å². The van der Waals surface area contributed by atoms with E-state index in [4.69, 9.17) is 4.74 Å². The highest BCUT2D eigenvalue weighted by Crippen LogP contribution is 2.49. The minimum absolute atomic E-state index is 0.111. The summed E-state index contributed by atoms with van der Waals surface area (Å²) >= 11 is 0. The Morgan fingerprint density at radius 1 is 1.45 bits per heavy atom. The Morgan fingerprint density at radius 3 is 2.50 bits per heavy atom. The van der Waals surface area contributed by atoms with Crippen LogP contribution in [0.1, 0.15) is 66.7 Å². The van der Waals surface area contributed by atoms with Crippen molar-refractivity contribution in [3.63, 3.8) is 0 Å². The number of hydrogen-bond donors (Lipinski definition) is 1. The Bertz CT molecular complexity index is 354. The van der Waals surface area contributed by atoms with Gasteiger partial charge in [0, 0.05) is 6.92 Å². The normalized spacial score (nSPS) is 32.2. The van der Waals surface area contributed by atoms with Gasteiger partial charge in [-0.25, -0.2) is 0 Å². The maximum absolute atomic E-state index is 11.2. The number of esters is 1. The number of hydrogen-bond acceptors (Lipinski definition) is 3. The van der Waals surface area contributed by atoms with E-state index < -0.39 is 11.2 Å². The van der Waals surface area contributed by atoms with Crippen molar-refractivity contribution in [3.05, 3.63) is 12.7 Å². The number of carbonyl (C=O) groups is 1. The number of aliphatic hydroxyl groups is 1. The second-order valence-electron chi connectivity index (χ2n) is 7.40. The van der Waals surface area contributed by atoms with Crippen molar-refractivity contribution >= 4 is 5.97 Å². The first-order valence-electron chi connectivity index (χ1n) is 7.58. The Kier molecular flexibility index (Phi) is 5.07. The van der Waals surface area contributed by atoms with E-state index in [9.17, 15) is 9.90 Å². The molecular weight excluding hydrogens is 252 g/mol. The van der Waals surface area contributed by atoms with Crippen LogP contribution in [-0.2, 0) is 9.53 Å². The van der Waals surface area contributed by atoms with Crippen LogP contribution in [0.4, 0.5) is 0 Å². The molecule has 0 radical (unpaired) electrons. The van der Waals surface area contributed by atoms with Crippen LogP contribution in [-0.4, -0.2) is 22.3 Å². The quantitative estimate of drug-likeness (QED) is 0.615. The van der Waals surface area contributed by atoms with Gasteiger partial charge in [0.25, 0.3) is 0 Å². The summed E-state index contributed by atoms with van der Waals surface area (Å²) in [4.78, 5) is 11.2. The van der Waals surface area contributed by atoms with Crippen molar-refractivity contribution < 1.29 is 14.6 Å². The third-order valence-corrected chi connectivity index (χ3v) is 4.94. The maximum atomic E-state index is 11.2. The molecule has 1 rings (SSSR count). The molecule has 1 N–H and O–H groups in total. The molecule has 0 amide bonds. The molecule has 116 valence electrons. The molecule has 0 heterocycles. The molecule has 0 aliphatic heterocycles. The fraction of sp³-hybridized carbons (Fsp3) is 0.824. The first-order valence-corrected chi connectivity index (χ1v) is 7.58. The van der Waals surface area contributed by atoms with Crippen molar-refractivity contribution in [2.24, 2.45) is 11.3 Å². The Hall–Kier alpha value is -0.830. The molecule has 0 spiro atoms. The predicted molar refractivity (Wildman–Crippen MR) is 81.3 cm³/mol. The van der Waals surface area contributed by atoms with Crippen LogP contribution in [0.3, 0.4) is 0 Å². The molecule has 0 saturated heterocycles.